The highest BCUT2D eigenvalue weighted by Gasteiger charge is 2.32. The van der Waals surface area contributed by atoms with Crippen molar-refractivity contribution in [2.75, 3.05) is 26.7 Å². The Hall–Kier alpha value is -0.0800. The molecule has 1 N–H and O–H groups in total. The predicted molar refractivity (Wildman–Crippen MR) is 94.8 cm³/mol. The maximum atomic E-state index is 3.77. The van der Waals surface area contributed by atoms with E-state index >= 15 is 0 Å². The first-order valence-electron chi connectivity index (χ1n) is 9.40. The monoisotopic (exact) mass is 296 g/mol. The number of hydrogen-bond acceptors (Lipinski definition) is 2. The van der Waals surface area contributed by atoms with Crippen molar-refractivity contribution in [2.24, 2.45) is 11.3 Å². The van der Waals surface area contributed by atoms with Crippen molar-refractivity contribution < 1.29 is 0 Å². The SMILES string of the molecule is CCCC(C)N(C)CC1(CNCC(C)C)CCCCCC1. The first-order valence-corrected chi connectivity index (χ1v) is 9.40. The van der Waals surface area contributed by atoms with Crippen LogP contribution in [0.15, 0.2) is 0 Å². The normalized spacial score (nSPS) is 20.7. The van der Waals surface area contributed by atoms with Gasteiger partial charge < -0.3 is 10.2 Å². The van der Waals surface area contributed by atoms with Gasteiger partial charge in [-0.25, -0.2) is 0 Å². The van der Waals surface area contributed by atoms with Crippen LogP contribution in [-0.2, 0) is 0 Å². The molecule has 0 heterocycles. The number of rotatable bonds is 9. The molecule has 2 heteroatoms. The van der Waals surface area contributed by atoms with Crippen LogP contribution < -0.4 is 5.32 Å². The fraction of sp³-hybridized carbons (Fsp3) is 1.00. The van der Waals surface area contributed by atoms with Crippen LogP contribution >= 0.6 is 0 Å². The van der Waals surface area contributed by atoms with Gasteiger partial charge >= 0.3 is 0 Å². The standard InChI is InChI=1S/C19H40N2/c1-6-11-18(4)21(5)16-19(15-20-14-17(2)3)12-9-7-8-10-13-19/h17-18,20H,6-16H2,1-5H3. The molecule has 1 fully saturated rings. The molecule has 0 bridgehead atoms. The van der Waals surface area contributed by atoms with Crippen LogP contribution in [0.4, 0.5) is 0 Å². The molecular weight excluding hydrogens is 256 g/mol. The molecule has 1 unspecified atom stereocenters. The molecule has 1 saturated carbocycles. The summed E-state index contributed by atoms with van der Waals surface area (Å²) in [4.78, 5) is 2.63. The molecule has 2 nitrogen and oxygen atoms in total. The second-order valence-electron chi connectivity index (χ2n) is 7.99. The molecule has 1 atom stereocenters. The Kier molecular flexibility index (Phi) is 8.89. The lowest BCUT2D eigenvalue weighted by molar-refractivity contribution is 0.116. The van der Waals surface area contributed by atoms with Gasteiger partial charge in [0.2, 0.25) is 0 Å². The van der Waals surface area contributed by atoms with Crippen LogP contribution in [0.5, 0.6) is 0 Å². The molecule has 0 aromatic carbocycles. The van der Waals surface area contributed by atoms with Crippen molar-refractivity contribution in [1.82, 2.24) is 10.2 Å². The van der Waals surface area contributed by atoms with E-state index in [0.717, 1.165) is 18.5 Å². The second kappa shape index (κ2) is 9.84. The van der Waals surface area contributed by atoms with E-state index in [9.17, 15) is 0 Å². The van der Waals surface area contributed by atoms with E-state index in [4.69, 9.17) is 0 Å². The fourth-order valence-corrected chi connectivity index (χ4v) is 3.82. The highest BCUT2D eigenvalue weighted by molar-refractivity contribution is 4.87. The topological polar surface area (TPSA) is 15.3 Å². The van der Waals surface area contributed by atoms with Gasteiger partial charge in [-0.1, -0.05) is 52.9 Å². The summed E-state index contributed by atoms with van der Waals surface area (Å²) in [7, 11) is 2.34. The van der Waals surface area contributed by atoms with Crippen LogP contribution in [-0.4, -0.2) is 37.6 Å². The minimum Gasteiger partial charge on any atom is -0.316 e. The molecule has 0 radical (unpaired) electrons. The maximum absolute atomic E-state index is 3.77. The zero-order valence-corrected chi connectivity index (χ0v) is 15.4. The number of nitrogens with one attached hydrogen (secondary N) is 1. The smallest absolute Gasteiger partial charge is 0.00640 e. The molecule has 1 rings (SSSR count). The Bertz CT molecular complexity index is 254. The quantitative estimate of drug-likeness (QED) is 0.621. The Morgan fingerprint density at radius 3 is 2.19 bits per heavy atom. The van der Waals surface area contributed by atoms with E-state index in [0.29, 0.717) is 5.41 Å². The van der Waals surface area contributed by atoms with Gasteiger partial charge in [-0.05, 0) is 51.1 Å². The lowest BCUT2D eigenvalue weighted by Gasteiger charge is -2.39. The van der Waals surface area contributed by atoms with E-state index in [-0.39, 0.29) is 0 Å². The number of hydrogen-bond donors (Lipinski definition) is 1. The van der Waals surface area contributed by atoms with Gasteiger partial charge in [-0.2, -0.15) is 0 Å². The van der Waals surface area contributed by atoms with Gasteiger partial charge in [0.1, 0.15) is 0 Å². The molecule has 0 aromatic heterocycles. The third kappa shape index (κ3) is 7.15. The summed E-state index contributed by atoms with van der Waals surface area (Å²) in [6.45, 7) is 13.0. The summed E-state index contributed by atoms with van der Waals surface area (Å²) in [5.74, 6) is 0.754. The van der Waals surface area contributed by atoms with Crippen molar-refractivity contribution in [3.63, 3.8) is 0 Å². The van der Waals surface area contributed by atoms with Gasteiger partial charge in [-0.15, -0.1) is 0 Å². The summed E-state index contributed by atoms with van der Waals surface area (Å²) in [5.41, 5.74) is 0.516. The van der Waals surface area contributed by atoms with Crippen molar-refractivity contribution in [2.45, 2.75) is 85.1 Å². The Morgan fingerprint density at radius 1 is 1.05 bits per heavy atom. The van der Waals surface area contributed by atoms with Crippen molar-refractivity contribution in [1.29, 1.82) is 0 Å². The highest BCUT2D eigenvalue weighted by atomic mass is 15.1. The van der Waals surface area contributed by atoms with Crippen molar-refractivity contribution in [3.05, 3.63) is 0 Å². The molecule has 1 aliphatic rings. The van der Waals surface area contributed by atoms with Gasteiger partial charge in [0.15, 0.2) is 0 Å². The first kappa shape index (κ1) is 19.0. The molecule has 1 aliphatic carbocycles. The molecule has 0 amide bonds. The van der Waals surface area contributed by atoms with Crippen molar-refractivity contribution in [3.8, 4) is 0 Å². The van der Waals surface area contributed by atoms with E-state index < -0.39 is 0 Å². The van der Waals surface area contributed by atoms with Gasteiger partial charge in [0, 0.05) is 19.1 Å². The van der Waals surface area contributed by atoms with Gasteiger partial charge in [-0.3, -0.25) is 0 Å². The summed E-state index contributed by atoms with van der Waals surface area (Å²) >= 11 is 0. The lowest BCUT2D eigenvalue weighted by atomic mass is 9.79. The highest BCUT2D eigenvalue weighted by Crippen LogP contribution is 2.35. The van der Waals surface area contributed by atoms with E-state index in [1.165, 1.54) is 64.5 Å². The molecular formula is C19H40N2. The summed E-state index contributed by atoms with van der Waals surface area (Å²) in [5, 5.41) is 3.77. The van der Waals surface area contributed by atoms with E-state index in [1.54, 1.807) is 0 Å². The summed E-state index contributed by atoms with van der Waals surface area (Å²) in [6, 6.07) is 0.722. The van der Waals surface area contributed by atoms with Crippen LogP contribution in [0.3, 0.4) is 0 Å². The Labute approximate surface area is 134 Å². The average molecular weight is 297 g/mol. The third-order valence-corrected chi connectivity index (χ3v) is 5.26. The van der Waals surface area contributed by atoms with Gasteiger partial charge in [0.05, 0.1) is 0 Å². The molecule has 126 valence electrons. The zero-order valence-electron chi connectivity index (χ0n) is 15.4. The van der Waals surface area contributed by atoms with Crippen LogP contribution in [0, 0.1) is 11.3 Å². The molecule has 21 heavy (non-hydrogen) atoms. The summed E-state index contributed by atoms with van der Waals surface area (Å²) in [6.07, 6.45) is 11.2. The first-order chi connectivity index (χ1) is 9.99. The Morgan fingerprint density at radius 2 is 1.67 bits per heavy atom. The number of nitrogens with zero attached hydrogens (tertiary/aromatic N) is 1. The van der Waals surface area contributed by atoms with Crippen molar-refractivity contribution >= 4 is 0 Å². The maximum Gasteiger partial charge on any atom is 0.00640 e. The second-order valence-corrected chi connectivity index (χ2v) is 7.99. The Balaban J connectivity index is 2.61. The van der Waals surface area contributed by atoms with Crippen LogP contribution in [0.2, 0.25) is 0 Å². The molecule has 0 saturated heterocycles. The van der Waals surface area contributed by atoms with Crippen LogP contribution in [0.25, 0.3) is 0 Å². The van der Waals surface area contributed by atoms with Crippen LogP contribution in [0.1, 0.15) is 79.1 Å². The average Bonchev–Trinajstić information content (AvgIpc) is 2.64. The molecule has 0 aliphatic heterocycles. The fourth-order valence-electron chi connectivity index (χ4n) is 3.82. The minimum absolute atomic E-state index is 0.516. The largest absolute Gasteiger partial charge is 0.316 e. The molecule has 0 spiro atoms. The zero-order chi connectivity index (χ0) is 15.7. The summed E-state index contributed by atoms with van der Waals surface area (Å²) < 4.78 is 0. The van der Waals surface area contributed by atoms with E-state index in [2.05, 4.69) is 45.0 Å². The minimum atomic E-state index is 0.516. The lowest BCUT2D eigenvalue weighted by Crippen LogP contribution is -2.46. The van der Waals surface area contributed by atoms with E-state index in [1.807, 2.05) is 0 Å². The molecule has 0 aromatic rings. The predicted octanol–water partition coefficient (Wildman–Crippen LogP) is 4.69. The van der Waals surface area contributed by atoms with Gasteiger partial charge in [0.25, 0.3) is 0 Å². The third-order valence-electron chi connectivity index (χ3n) is 5.26.